The molecule has 0 unspecified atom stereocenters. The molecule has 0 atom stereocenters. The standard InChI is InChI=1S/C23H15NS/c1-2-8-16(9-3-1)17-13-14-21-23(18-10-4-5-12-20(18)25-21)22(17)19-11-6-7-15-24-19/h1-15H. The van der Waals surface area contributed by atoms with E-state index >= 15 is 0 Å². The highest BCUT2D eigenvalue weighted by Crippen LogP contribution is 2.44. The molecule has 5 aromatic rings. The molecule has 25 heavy (non-hydrogen) atoms. The molecule has 0 radical (unpaired) electrons. The Morgan fingerprint density at radius 1 is 0.640 bits per heavy atom. The maximum absolute atomic E-state index is 4.68. The Kier molecular flexibility index (Phi) is 3.36. The highest BCUT2D eigenvalue weighted by Gasteiger charge is 2.16. The van der Waals surface area contributed by atoms with Crippen LogP contribution >= 0.6 is 11.3 Å². The third kappa shape index (κ3) is 2.34. The summed E-state index contributed by atoms with van der Waals surface area (Å²) in [7, 11) is 0. The van der Waals surface area contributed by atoms with Crippen LogP contribution in [-0.2, 0) is 0 Å². The molecule has 0 saturated carbocycles. The molecule has 118 valence electrons. The Bertz CT molecular complexity index is 1170. The molecule has 0 aliphatic carbocycles. The fourth-order valence-corrected chi connectivity index (χ4v) is 4.57. The van der Waals surface area contributed by atoms with Gasteiger partial charge in [-0.2, -0.15) is 0 Å². The number of benzene rings is 3. The fourth-order valence-electron chi connectivity index (χ4n) is 3.45. The number of aromatic nitrogens is 1. The van der Waals surface area contributed by atoms with Crippen LogP contribution in [0.25, 0.3) is 42.6 Å². The first-order valence-corrected chi connectivity index (χ1v) is 9.14. The number of hydrogen-bond acceptors (Lipinski definition) is 2. The zero-order valence-corrected chi connectivity index (χ0v) is 14.3. The summed E-state index contributed by atoms with van der Waals surface area (Å²) in [5.74, 6) is 0. The molecular formula is C23H15NS. The Balaban J connectivity index is 1.97. The molecule has 0 amide bonds. The average Bonchev–Trinajstić information content (AvgIpc) is 3.07. The van der Waals surface area contributed by atoms with Gasteiger partial charge in [0.25, 0.3) is 0 Å². The summed E-state index contributed by atoms with van der Waals surface area (Å²) in [6.45, 7) is 0. The van der Waals surface area contributed by atoms with Gasteiger partial charge in [-0.15, -0.1) is 11.3 Å². The lowest BCUT2D eigenvalue weighted by molar-refractivity contribution is 1.33. The smallest absolute Gasteiger partial charge is 0.0714 e. The van der Waals surface area contributed by atoms with Gasteiger partial charge >= 0.3 is 0 Å². The highest BCUT2D eigenvalue weighted by molar-refractivity contribution is 7.26. The molecule has 2 aromatic heterocycles. The van der Waals surface area contributed by atoms with E-state index in [2.05, 4.69) is 83.8 Å². The zero-order chi connectivity index (χ0) is 16.6. The van der Waals surface area contributed by atoms with Gasteiger partial charge in [-0.25, -0.2) is 0 Å². The SMILES string of the molecule is c1ccc(-c2ccc3sc4ccccc4c3c2-c2ccccn2)cc1. The van der Waals surface area contributed by atoms with Gasteiger partial charge in [0.15, 0.2) is 0 Å². The van der Waals surface area contributed by atoms with Crippen molar-refractivity contribution in [2.45, 2.75) is 0 Å². The quantitative estimate of drug-likeness (QED) is 0.346. The van der Waals surface area contributed by atoms with Gasteiger partial charge in [0, 0.05) is 31.9 Å². The summed E-state index contributed by atoms with van der Waals surface area (Å²) in [5.41, 5.74) is 4.70. The van der Waals surface area contributed by atoms with Crippen molar-refractivity contribution in [2.75, 3.05) is 0 Å². The molecule has 0 fully saturated rings. The first kappa shape index (κ1) is 14.4. The summed E-state index contributed by atoms with van der Waals surface area (Å²) in [6.07, 6.45) is 1.87. The van der Waals surface area contributed by atoms with Gasteiger partial charge in [0.1, 0.15) is 0 Å². The highest BCUT2D eigenvalue weighted by atomic mass is 32.1. The van der Waals surface area contributed by atoms with Gasteiger partial charge in [0.2, 0.25) is 0 Å². The van der Waals surface area contributed by atoms with Crippen molar-refractivity contribution >= 4 is 31.5 Å². The first-order chi connectivity index (χ1) is 12.4. The monoisotopic (exact) mass is 337 g/mol. The van der Waals surface area contributed by atoms with Crippen molar-refractivity contribution in [2.24, 2.45) is 0 Å². The van der Waals surface area contributed by atoms with E-state index in [0.29, 0.717) is 0 Å². The lowest BCUT2D eigenvalue weighted by atomic mass is 9.93. The number of hydrogen-bond donors (Lipinski definition) is 0. The van der Waals surface area contributed by atoms with Crippen LogP contribution in [0.5, 0.6) is 0 Å². The van der Waals surface area contributed by atoms with E-state index in [9.17, 15) is 0 Å². The molecule has 5 rings (SSSR count). The topological polar surface area (TPSA) is 12.9 Å². The Labute approximate surface area is 150 Å². The van der Waals surface area contributed by atoms with Gasteiger partial charge in [-0.3, -0.25) is 4.98 Å². The van der Waals surface area contributed by atoms with E-state index < -0.39 is 0 Å². The van der Waals surface area contributed by atoms with E-state index in [0.717, 1.165) is 5.69 Å². The van der Waals surface area contributed by atoms with Crippen LogP contribution in [-0.4, -0.2) is 4.98 Å². The third-order valence-electron chi connectivity index (χ3n) is 4.55. The van der Waals surface area contributed by atoms with Crippen LogP contribution in [0.4, 0.5) is 0 Å². The van der Waals surface area contributed by atoms with E-state index in [1.807, 2.05) is 23.6 Å². The number of pyridine rings is 1. The number of rotatable bonds is 2. The maximum Gasteiger partial charge on any atom is 0.0714 e. The minimum Gasteiger partial charge on any atom is -0.256 e. The minimum absolute atomic E-state index is 1.02. The number of nitrogens with zero attached hydrogens (tertiary/aromatic N) is 1. The van der Waals surface area contributed by atoms with E-state index in [1.165, 1.54) is 36.9 Å². The van der Waals surface area contributed by atoms with Gasteiger partial charge in [-0.1, -0.05) is 60.7 Å². The second-order valence-corrected chi connectivity index (χ2v) is 7.12. The predicted molar refractivity (Wildman–Crippen MR) is 108 cm³/mol. The van der Waals surface area contributed by atoms with Crippen LogP contribution in [0.2, 0.25) is 0 Å². The summed E-state index contributed by atoms with van der Waals surface area (Å²) in [6, 6.07) is 29.8. The summed E-state index contributed by atoms with van der Waals surface area (Å²) in [4.78, 5) is 4.68. The van der Waals surface area contributed by atoms with Crippen molar-refractivity contribution < 1.29 is 0 Å². The minimum atomic E-state index is 1.02. The predicted octanol–water partition coefficient (Wildman–Crippen LogP) is 6.78. The summed E-state index contributed by atoms with van der Waals surface area (Å²) < 4.78 is 2.63. The van der Waals surface area contributed by atoms with Gasteiger partial charge in [-0.05, 0) is 35.4 Å². The Morgan fingerprint density at radius 3 is 2.28 bits per heavy atom. The van der Waals surface area contributed by atoms with Crippen LogP contribution in [0.3, 0.4) is 0 Å². The normalized spacial score (nSPS) is 11.2. The molecule has 0 bridgehead atoms. The van der Waals surface area contributed by atoms with Gasteiger partial charge in [0.05, 0.1) is 5.69 Å². The number of thiophene rings is 1. The van der Waals surface area contributed by atoms with Crippen LogP contribution in [0.1, 0.15) is 0 Å². The molecule has 1 nitrogen and oxygen atoms in total. The molecular weight excluding hydrogens is 322 g/mol. The average molecular weight is 337 g/mol. The zero-order valence-electron chi connectivity index (χ0n) is 13.5. The second kappa shape index (κ2) is 5.83. The summed E-state index contributed by atoms with van der Waals surface area (Å²) >= 11 is 1.85. The fraction of sp³-hybridized carbons (Fsp3) is 0. The van der Waals surface area contributed by atoms with Crippen LogP contribution < -0.4 is 0 Å². The lowest BCUT2D eigenvalue weighted by Gasteiger charge is -2.12. The van der Waals surface area contributed by atoms with E-state index in [4.69, 9.17) is 0 Å². The Hall–Kier alpha value is -2.97. The van der Waals surface area contributed by atoms with Crippen molar-refractivity contribution in [1.29, 1.82) is 0 Å². The van der Waals surface area contributed by atoms with Gasteiger partial charge < -0.3 is 0 Å². The second-order valence-electron chi connectivity index (χ2n) is 6.04. The van der Waals surface area contributed by atoms with Crippen molar-refractivity contribution in [3.05, 3.63) is 91.1 Å². The number of fused-ring (bicyclic) bond motifs is 3. The maximum atomic E-state index is 4.68. The van der Waals surface area contributed by atoms with E-state index in [1.54, 1.807) is 0 Å². The Morgan fingerprint density at radius 2 is 1.44 bits per heavy atom. The molecule has 0 aliphatic heterocycles. The molecule has 0 aliphatic rings. The van der Waals surface area contributed by atoms with Crippen LogP contribution in [0.15, 0.2) is 91.1 Å². The molecule has 0 N–H and O–H groups in total. The largest absolute Gasteiger partial charge is 0.256 e. The van der Waals surface area contributed by atoms with Crippen LogP contribution in [0, 0.1) is 0 Å². The molecule has 0 spiro atoms. The van der Waals surface area contributed by atoms with Crippen molar-refractivity contribution in [3.63, 3.8) is 0 Å². The lowest BCUT2D eigenvalue weighted by Crippen LogP contribution is -1.89. The molecule has 0 saturated heterocycles. The molecule has 3 aromatic carbocycles. The van der Waals surface area contributed by atoms with Crippen molar-refractivity contribution in [3.8, 4) is 22.4 Å². The third-order valence-corrected chi connectivity index (χ3v) is 5.69. The van der Waals surface area contributed by atoms with E-state index in [-0.39, 0.29) is 0 Å². The van der Waals surface area contributed by atoms with Crippen molar-refractivity contribution in [1.82, 2.24) is 4.98 Å². The molecule has 2 heteroatoms. The molecule has 2 heterocycles. The first-order valence-electron chi connectivity index (χ1n) is 8.33. The summed E-state index contributed by atoms with van der Waals surface area (Å²) in [5, 5.41) is 2.61.